The van der Waals surface area contributed by atoms with E-state index in [1.54, 1.807) is 17.8 Å². The number of thiophene rings is 1. The molecule has 0 bridgehead atoms. The van der Waals surface area contributed by atoms with Gasteiger partial charge in [-0.25, -0.2) is 13.1 Å². The fourth-order valence-electron chi connectivity index (χ4n) is 2.29. The number of sulfonamides is 1. The van der Waals surface area contributed by atoms with E-state index in [0.29, 0.717) is 20.5 Å². The highest BCUT2D eigenvalue weighted by Gasteiger charge is 2.32. The van der Waals surface area contributed by atoms with Gasteiger partial charge in [0, 0.05) is 22.7 Å². The van der Waals surface area contributed by atoms with Gasteiger partial charge in [0.1, 0.15) is 4.90 Å². The minimum absolute atomic E-state index is 0.0353. The first-order valence-electron chi connectivity index (χ1n) is 6.01. The molecule has 1 saturated carbocycles. The molecule has 0 aliphatic heterocycles. The van der Waals surface area contributed by atoms with E-state index in [4.69, 9.17) is 5.73 Å². The zero-order valence-corrected chi connectivity index (χ0v) is 14.6. The first kappa shape index (κ1) is 15.8. The number of nitrogens with two attached hydrogens (primary N) is 1. The highest BCUT2D eigenvalue weighted by atomic mass is 79.9. The van der Waals surface area contributed by atoms with Crippen molar-refractivity contribution in [3.63, 3.8) is 0 Å². The van der Waals surface area contributed by atoms with Crippen LogP contribution in [0.4, 0.5) is 0 Å². The van der Waals surface area contributed by atoms with Gasteiger partial charge >= 0.3 is 0 Å². The SMILES string of the molecule is CSC1CCCC1NS(=O)(=O)c1cc(CN)sc1Br. The number of thioether (sulfide) groups is 1. The van der Waals surface area contributed by atoms with Gasteiger partial charge in [0.2, 0.25) is 10.0 Å². The second kappa shape index (κ2) is 6.44. The topological polar surface area (TPSA) is 72.2 Å². The third-order valence-corrected chi connectivity index (χ3v) is 8.19. The second-order valence-corrected chi connectivity index (χ2v) is 9.70. The van der Waals surface area contributed by atoms with Crippen LogP contribution in [0.2, 0.25) is 0 Å². The molecule has 1 aromatic heterocycles. The standard InChI is InChI=1S/C11H17BrN2O2S3/c1-17-9-4-2-3-8(9)14-19(15,16)10-5-7(6-13)18-11(10)12/h5,8-9,14H,2-4,6,13H2,1H3. The molecule has 0 amide bonds. The highest BCUT2D eigenvalue weighted by Crippen LogP contribution is 2.34. The van der Waals surface area contributed by atoms with Gasteiger partial charge in [-0.2, -0.15) is 11.8 Å². The lowest BCUT2D eigenvalue weighted by Crippen LogP contribution is -2.38. The van der Waals surface area contributed by atoms with Gasteiger partial charge < -0.3 is 5.73 Å². The van der Waals surface area contributed by atoms with Crippen LogP contribution in [0, 0.1) is 0 Å². The molecule has 1 aromatic rings. The van der Waals surface area contributed by atoms with Crippen LogP contribution in [0.1, 0.15) is 24.1 Å². The minimum Gasteiger partial charge on any atom is -0.326 e. The Hall–Kier alpha value is 0.400. The van der Waals surface area contributed by atoms with E-state index in [9.17, 15) is 8.42 Å². The molecule has 4 nitrogen and oxygen atoms in total. The molecule has 1 aliphatic carbocycles. The van der Waals surface area contributed by atoms with Crippen LogP contribution in [0.5, 0.6) is 0 Å². The summed E-state index contributed by atoms with van der Waals surface area (Å²) in [5, 5.41) is 0.376. The Bertz CT molecular complexity index is 544. The molecule has 3 N–H and O–H groups in total. The van der Waals surface area contributed by atoms with Gasteiger partial charge in [0.25, 0.3) is 0 Å². The average molecular weight is 385 g/mol. The van der Waals surface area contributed by atoms with E-state index in [2.05, 4.69) is 20.7 Å². The first-order chi connectivity index (χ1) is 8.97. The average Bonchev–Trinajstić information content (AvgIpc) is 2.95. The van der Waals surface area contributed by atoms with E-state index < -0.39 is 10.0 Å². The predicted octanol–water partition coefficient (Wildman–Crippen LogP) is 2.53. The van der Waals surface area contributed by atoms with Crippen molar-refractivity contribution >= 4 is 49.1 Å². The number of hydrogen-bond acceptors (Lipinski definition) is 5. The number of rotatable bonds is 5. The molecular weight excluding hydrogens is 368 g/mol. The van der Waals surface area contributed by atoms with Gasteiger partial charge in [-0.05, 0) is 41.1 Å². The Kier molecular flexibility index (Phi) is 5.35. The van der Waals surface area contributed by atoms with Crippen LogP contribution in [-0.4, -0.2) is 26.0 Å². The largest absolute Gasteiger partial charge is 0.326 e. The Labute approximate surface area is 130 Å². The smallest absolute Gasteiger partial charge is 0.242 e. The molecule has 1 heterocycles. The van der Waals surface area contributed by atoms with Crippen molar-refractivity contribution in [3.05, 3.63) is 14.7 Å². The van der Waals surface area contributed by atoms with Gasteiger partial charge in [0.05, 0.1) is 3.79 Å². The third kappa shape index (κ3) is 3.54. The normalized spacial score (nSPS) is 23.9. The molecule has 0 spiro atoms. The minimum atomic E-state index is -3.46. The van der Waals surface area contributed by atoms with Crippen LogP contribution in [0.3, 0.4) is 0 Å². The van der Waals surface area contributed by atoms with Gasteiger partial charge in [-0.1, -0.05) is 6.42 Å². The van der Waals surface area contributed by atoms with Crippen LogP contribution >= 0.6 is 39.0 Å². The summed E-state index contributed by atoms with van der Waals surface area (Å²) in [6.45, 7) is 0.357. The van der Waals surface area contributed by atoms with Crippen molar-refractivity contribution < 1.29 is 8.42 Å². The predicted molar refractivity (Wildman–Crippen MR) is 85.2 cm³/mol. The monoisotopic (exact) mass is 384 g/mol. The lowest BCUT2D eigenvalue weighted by molar-refractivity contribution is 0.555. The molecule has 0 saturated heterocycles. The van der Waals surface area contributed by atoms with E-state index >= 15 is 0 Å². The molecule has 8 heteroatoms. The van der Waals surface area contributed by atoms with Crippen LogP contribution < -0.4 is 10.5 Å². The van der Waals surface area contributed by atoms with E-state index in [1.165, 1.54) is 11.3 Å². The molecule has 19 heavy (non-hydrogen) atoms. The Morgan fingerprint density at radius 1 is 1.58 bits per heavy atom. The summed E-state index contributed by atoms with van der Waals surface area (Å²) in [7, 11) is -3.46. The summed E-state index contributed by atoms with van der Waals surface area (Å²) in [4.78, 5) is 1.17. The number of hydrogen-bond donors (Lipinski definition) is 2. The molecule has 0 radical (unpaired) electrons. The zero-order valence-electron chi connectivity index (χ0n) is 10.6. The zero-order chi connectivity index (χ0) is 14.0. The molecule has 0 aromatic carbocycles. The molecule has 1 aliphatic rings. The fourth-order valence-corrected chi connectivity index (χ4v) is 7.18. The summed E-state index contributed by atoms with van der Waals surface area (Å²) in [5.41, 5.74) is 5.55. The maximum absolute atomic E-state index is 12.4. The summed E-state index contributed by atoms with van der Waals surface area (Å²) >= 11 is 6.42. The number of nitrogens with one attached hydrogen (secondary N) is 1. The molecule has 2 rings (SSSR count). The maximum atomic E-state index is 12.4. The van der Waals surface area contributed by atoms with Crippen molar-refractivity contribution in [2.45, 2.75) is 42.0 Å². The molecule has 2 unspecified atom stereocenters. The van der Waals surface area contributed by atoms with Crippen molar-refractivity contribution in [3.8, 4) is 0 Å². The van der Waals surface area contributed by atoms with Crippen LogP contribution in [-0.2, 0) is 16.6 Å². The summed E-state index contributed by atoms with van der Waals surface area (Å²) < 4.78 is 28.3. The van der Waals surface area contributed by atoms with Crippen molar-refractivity contribution in [1.29, 1.82) is 0 Å². The maximum Gasteiger partial charge on any atom is 0.242 e. The Morgan fingerprint density at radius 2 is 2.32 bits per heavy atom. The lowest BCUT2D eigenvalue weighted by Gasteiger charge is -2.18. The van der Waals surface area contributed by atoms with Crippen molar-refractivity contribution in [2.75, 3.05) is 6.26 Å². The number of halogens is 1. The lowest BCUT2D eigenvalue weighted by atomic mass is 10.3. The Balaban J connectivity index is 2.20. The molecular formula is C11H17BrN2O2S3. The van der Waals surface area contributed by atoms with E-state index in [0.717, 1.165) is 24.1 Å². The van der Waals surface area contributed by atoms with Gasteiger partial charge in [0.15, 0.2) is 0 Å². The van der Waals surface area contributed by atoms with Gasteiger partial charge in [-0.3, -0.25) is 0 Å². The summed E-state index contributed by atoms with van der Waals surface area (Å²) in [6, 6.07) is 1.69. The van der Waals surface area contributed by atoms with Crippen molar-refractivity contribution in [1.82, 2.24) is 4.72 Å². The van der Waals surface area contributed by atoms with Crippen LogP contribution in [0.15, 0.2) is 14.7 Å². The first-order valence-corrected chi connectivity index (χ1v) is 10.4. The van der Waals surface area contributed by atoms with Crippen molar-refractivity contribution in [2.24, 2.45) is 5.73 Å². The third-order valence-electron chi connectivity index (χ3n) is 3.26. The quantitative estimate of drug-likeness (QED) is 0.817. The van der Waals surface area contributed by atoms with Crippen LogP contribution in [0.25, 0.3) is 0 Å². The Morgan fingerprint density at radius 3 is 2.89 bits per heavy atom. The highest BCUT2D eigenvalue weighted by molar-refractivity contribution is 9.11. The van der Waals surface area contributed by atoms with Gasteiger partial charge in [-0.15, -0.1) is 11.3 Å². The summed E-state index contributed by atoms with van der Waals surface area (Å²) in [5.74, 6) is 0. The summed E-state index contributed by atoms with van der Waals surface area (Å²) in [6.07, 6.45) is 5.10. The molecule has 1 fully saturated rings. The fraction of sp³-hybridized carbons (Fsp3) is 0.636. The molecule has 2 atom stereocenters. The van der Waals surface area contributed by atoms with E-state index in [1.807, 2.05) is 6.26 Å². The molecule has 108 valence electrons. The van der Waals surface area contributed by atoms with E-state index in [-0.39, 0.29) is 6.04 Å². The second-order valence-electron chi connectivity index (χ2n) is 4.49.